The molecule has 1 aliphatic heterocycles. The van der Waals surface area contributed by atoms with Gasteiger partial charge in [-0.1, -0.05) is 29.3 Å². The molecule has 0 radical (unpaired) electrons. The predicted octanol–water partition coefficient (Wildman–Crippen LogP) is 7.57. The van der Waals surface area contributed by atoms with Gasteiger partial charge in [0.25, 0.3) is 0 Å². The molecule has 1 aromatic heterocycles. The smallest absolute Gasteiger partial charge is 0.119 e. The number of nitrogens with zero attached hydrogens (tertiary/aromatic N) is 3. The molecule has 3 aromatic carbocycles. The maximum absolute atomic E-state index is 6.26. The summed E-state index contributed by atoms with van der Waals surface area (Å²) in [7, 11) is 0. The maximum atomic E-state index is 6.26. The van der Waals surface area contributed by atoms with Crippen molar-refractivity contribution in [1.82, 2.24) is 4.57 Å². The summed E-state index contributed by atoms with van der Waals surface area (Å²) in [6, 6.07) is 24.0. The van der Waals surface area contributed by atoms with Gasteiger partial charge in [-0.3, -0.25) is 4.99 Å². The van der Waals surface area contributed by atoms with Gasteiger partial charge in [-0.15, -0.1) is 0 Å². The number of anilines is 1. The Morgan fingerprint density at radius 1 is 0.892 bits per heavy atom. The normalized spacial score (nSPS) is 13.9. The lowest BCUT2D eigenvalue weighted by Crippen LogP contribution is -2.36. The predicted molar refractivity (Wildman–Crippen MR) is 153 cm³/mol. The van der Waals surface area contributed by atoms with Crippen LogP contribution >= 0.6 is 23.2 Å². The quantitative estimate of drug-likeness (QED) is 0.230. The van der Waals surface area contributed by atoms with Crippen LogP contribution in [0.1, 0.15) is 22.5 Å². The molecule has 0 atom stereocenters. The minimum atomic E-state index is 0.380. The minimum Gasteiger partial charge on any atom is -0.489 e. The zero-order chi connectivity index (χ0) is 25.8. The molecule has 0 N–H and O–H groups in total. The van der Waals surface area contributed by atoms with Crippen LogP contribution in [0.5, 0.6) is 5.75 Å². The largest absolute Gasteiger partial charge is 0.489 e. The molecule has 37 heavy (non-hydrogen) atoms. The van der Waals surface area contributed by atoms with Crippen molar-refractivity contribution >= 4 is 40.8 Å². The van der Waals surface area contributed by atoms with E-state index in [2.05, 4.69) is 65.8 Å². The highest BCUT2D eigenvalue weighted by Crippen LogP contribution is 2.26. The number of benzene rings is 3. The lowest BCUT2D eigenvalue weighted by atomic mass is 10.2. The Hall–Kier alpha value is -3.25. The van der Waals surface area contributed by atoms with Gasteiger partial charge in [-0.2, -0.15) is 0 Å². The molecule has 0 saturated carbocycles. The third kappa shape index (κ3) is 6.02. The van der Waals surface area contributed by atoms with Crippen molar-refractivity contribution in [2.45, 2.75) is 20.5 Å². The van der Waals surface area contributed by atoms with Gasteiger partial charge in [0.15, 0.2) is 0 Å². The third-order valence-electron chi connectivity index (χ3n) is 6.55. The van der Waals surface area contributed by atoms with Crippen molar-refractivity contribution in [2.75, 3.05) is 31.2 Å². The molecule has 1 saturated heterocycles. The summed E-state index contributed by atoms with van der Waals surface area (Å²) >= 11 is 12.2. The first-order chi connectivity index (χ1) is 18.0. The van der Waals surface area contributed by atoms with Crippen molar-refractivity contribution in [3.63, 3.8) is 0 Å². The summed E-state index contributed by atoms with van der Waals surface area (Å²) in [6.07, 6.45) is 1.94. The maximum Gasteiger partial charge on any atom is 0.119 e. The van der Waals surface area contributed by atoms with E-state index in [9.17, 15) is 0 Å². The van der Waals surface area contributed by atoms with E-state index in [4.69, 9.17) is 37.7 Å². The Bertz CT molecular complexity index is 1390. The van der Waals surface area contributed by atoms with Crippen LogP contribution < -0.4 is 9.64 Å². The van der Waals surface area contributed by atoms with Crippen LogP contribution in [0.2, 0.25) is 10.0 Å². The second-order valence-corrected chi connectivity index (χ2v) is 9.90. The number of halogens is 2. The van der Waals surface area contributed by atoms with Crippen LogP contribution in [0.4, 0.5) is 11.4 Å². The van der Waals surface area contributed by atoms with Gasteiger partial charge in [0.05, 0.1) is 18.9 Å². The van der Waals surface area contributed by atoms with Crippen molar-refractivity contribution in [3.8, 4) is 11.4 Å². The van der Waals surface area contributed by atoms with Crippen LogP contribution in [0.3, 0.4) is 0 Å². The van der Waals surface area contributed by atoms with E-state index < -0.39 is 0 Å². The Morgan fingerprint density at radius 2 is 1.59 bits per heavy atom. The molecular weight excluding hydrogens is 505 g/mol. The van der Waals surface area contributed by atoms with Crippen molar-refractivity contribution in [2.24, 2.45) is 4.99 Å². The zero-order valence-electron chi connectivity index (χ0n) is 21.0. The highest BCUT2D eigenvalue weighted by atomic mass is 35.5. The highest BCUT2D eigenvalue weighted by molar-refractivity contribution is 6.35. The molecule has 0 amide bonds. The summed E-state index contributed by atoms with van der Waals surface area (Å²) in [6.45, 7) is 8.02. The standard InChI is InChI=1S/C30H29Cl2N3O2/c1-21-17-24(19-33-26-5-7-27(8-6-26)34-13-15-36-16-14-34)22(2)35(21)28-9-11-29(12-10-28)37-20-23-3-4-25(31)18-30(23)32/h3-12,17-19H,13-16,20H2,1-2H3. The fourth-order valence-electron chi connectivity index (χ4n) is 4.52. The Kier molecular flexibility index (Phi) is 7.85. The number of aromatic nitrogens is 1. The van der Waals surface area contributed by atoms with E-state index in [-0.39, 0.29) is 0 Å². The number of morpholine rings is 1. The number of hydrogen-bond donors (Lipinski definition) is 0. The summed E-state index contributed by atoms with van der Waals surface area (Å²) < 4.78 is 13.6. The zero-order valence-corrected chi connectivity index (χ0v) is 22.5. The monoisotopic (exact) mass is 533 g/mol. The van der Waals surface area contributed by atoms with Gasteiger partial charge in [-0.05, 0) is 80.6 Å². The lowest BCUT2D eigenvalue weighted by molar-refractivity contribution is 0.122. The molecule has 4 aromatic rings. The SMILES string of the molecule is Cc1cc(C=Nc2ccc(N3CCOCC3)cc2)c(C)n1-c1ccc(OCc2ccc(Cl)cc2Cl)cc1. The van der Waals surface area contributed by atoms with Gasteiger partial charge in [-0.25, -0.2) is 0 Å². The highest BCUT2D eigenvalue weighted by Gasteiger charge is 2.12. The number of hydrogen-bond acceptors (Lipinski definition) is 4. The fraction of sp³-hybridized carbons (Fsp3) is 0.233. The first-order valence-electron chi connectivity index (χ1n) is 12.3. The molecule has 1 fully saturated rings. The van der Waals surface area contributed by atoms with Crippen molar-refractivity contribution < 1.29 is 9.47 Å². The summed E-state index contributed by atoms with van der Waals surface area (Å²) in [5.74, 6) is 0.777. The Morgan fingerprint density at radius 3 is 2.30 bits per heavy atom. The van der Waals surface area contributed by atoms with E-state index in [1.54, 1.807) is 6.07 Å². The molecule has 0 unspecified atom stereocenters. The molecule has 0 spiro atoms. The minimum absolute atomic E-state index is 0.380. The van der Waals surface area contributed by atoms with E-state index in [0.29, 0.717) is 16.7 Å². The number of ether oxygens (including phenoxy) is 2. The summed E-state index contributed by atoms with van der Waals surface area (Å²) in [5, 5.41) is 1.21. The Labute approximate surface area is 227 Å². The Balaban J connectivity index is 1.26. The number of aryl methyl sites for hydroxylation is 1. The average molecular weight is 534 g/mol. The van der Waals surface area contributed by atoms with Gasteiger partial charge >= 0.3 is 0 Å². The van der Waals surface area contributed by atoms with Crippen LogP contribution in [0, 0.1) is 13.8 Å². The van der Waals surface area contributed by atoms with Crippen LogP contribution in [-0.4, -0.2) is 37.1 Å². The number of aliphatic imine (C=N–C) groups is 1. The van der Waals surface area contributed by atoms with Gasteiger partial charge in [0.1, 0.15) is 12.4 Å². The topological polar surface area (TPSA) is 39.0 Å². The second kappa shape index (κ2) is 11.4. The van der Waals surface area contributed by atoms with E-state index in [1.807, 2.05) is 30.5 Å². The molecule has 5 nitrogen and oxygen atoms in total. The fourth-order valence-corrected chi connectivity index (χ4v) is 4.99. The molecule has 5 rings (SSSR count). The third-order valence-corrected chi connectivity index (χ3v) is 7.14. The summed E-state index contributed by atoms with van der Waals surface area (Å²) in [4.78, 5) is 7.07. The molecule has 1 aliphatic rings. The summed E-state index contributed by atoms with van der Waals surface area (Å²) in [5.41, 5.74) is 7.48. The van der Waals surface area contributed by atoms with Crippen LogP contribution in [0.15, 0.2) is 77.8 Å². The van der Waals surface area contributed by atoms with E-state index >= 15 is 0 Å². The average Bonchev–Trinajstić information content (AvgIpc) is 3.20. The molecular formula is C30H29Cl2N3O2. The van der Waals surface area contributed by atoms with Crippen LogP contribution in [-0.2, 0) is 11.3 Å². The van der Waals surface area contributed by atoms with Crippen LogP contribution in [0.25, 0.3) is 5.69 Å². The van der Waals surface area contributed by atoms with E-state index in [1.165, 1.54) is 5.69 Å². The molecule has 7 heteroatoms. The molecule has 2 heterocycles. The first-order valence-corrected chi connectivity index (χ1v) is 13.1. The van der Waals surface area contributed by atoms with Crippen molar-refractivity contribution in [1.29, 1.82) is 0 Å². The second-order valence-electron chi connectivity index (χ2n) is 9.05. The molecule has 0 bridgehead atoms. The number of rotatable bonds is 7. The van der Waals surface area contributed by atoms with Crippen molar-refractivity contribution in [3.05, 3.63) is 105 Å². The van der Waals surface area contributed by atoms with Gasteiger partial charge in [0.2, 0.25) is 0 Å². The lowest BCUT2D eigenvalue weighted by Gasteiger charge is -2.28. The van der Waals surface area contributed by atoms with Gasteiger partial charge < -0.3 is 18.9 Å². The van der Waals surface area contributed by atoms with Gasteiger partial charge in [0, 0.05) is 63.2 Å². The molecule has 190 valence electrons. The molecule has 0 aliphatic carbocycles. The van der Waals surface area contributed by atoms with E-state index in [0.717, 1.165) is 65.9 Å². The first kappa shape index (κ1) is 25.4.